The number of hydrogen-bond donors (Lipinski definition) is 0. The van der Waals surface area contributed by atoms with Gasteiger partial charge in [0.05, 0.1) is 25.4 Å². The molecule has 5 atom stereocenters. The van der Waals surface area contributed by atoms with Crippen LogP contribution in [0.4, 0.5) is 0 Å². The SMILES string of the molecule is C1OCC2OC12.C=CC1CCC2OC2C1. The molecule has 1 saturated carbocycles. The molecule has 84 valence electrons. The van der Waals surface area contributed by atoms with Gasteiger partial charge in [-0.05, 0) is 25.2 Å². The minimum Gasteiger partial charge on any atom is -0.376 e. The molecule has 5 unspecified atom stereocenters. The van der Waals surface area contributed by atoms with Gasteiger partial charge in [0.25, 0.3) is 0 Å². The molecule has 15 heavy (non-hydrogen) atoms. The zero-order valence-electron chi connectivity index (χ0n) is 8.93. The van der Waals surface area contributed by atoms with Crippen LogP contribution in [0.2, 0.25) is 0 Å². The van der Waals surface area contributed by atoms with Crippen molar-refractivity contribution in [3.63, 3.8) is 0 Å². The maximum Gasteiger partial charge on any atom is 0.110 e. The predicted molar refractivity (Wildman–Crippen MR) is 55.7 cm³/mol. The number of fused-ring (bicyclic) bond motifs is 2. The van der Waals surface area contributed by atoms with E-state index in [4.69, 9.17) is 14.2 Å². The first-order chi connectivity index (χ1) is 7.36. The second-order valence-electron chi connectivity index (χ2n) is 4.77. The van der Waals surface area contributed by atoms with E-state index in [1.807, 2.05) is 0 Å². The van der Waals surface area contributed by atoms with E-state index in [1.165, 1.54) is 19.3 Å². The van der Waals surface area contributed by atoms with Crippen molar-refractivity contribution in [3.05, 3.63) is 12.7 Å². The van der Waals surface area contributed by atoms with Crippen LogP contribution in [0.3, 0.4) is 0 Å². The predicted octanol–water partition coefficient (Wildman–Crippen LogP) is 1.52. The molecule has 4 fully saturated rings. The van der Waals surface area contributed by atoms with Crippen LogP contribution < -0.4 is 0 Å². The zero-order chi connectivity index (χ0) is 10.3. The first-order valence-electron chi connectivity index (χ1n) is 5.88. The average Bonchev–Trinajstić information content (AvgIpc) is 3.18. The van der Waals surface area contributed by atoms with Crippen LogP contribution in [-0.4, -0.2) is 37.6 Å². The largest absolute Gasteiger partial charge is 0.376 e. The fraction of sp³-hybridized carbons (Fsp3) is 0.833. The summed E-state index contributed by atoms with van der Waals surface area (Å²) in [6.07, 6.45) is 8.09. The average molecular weight is 210 g/mol. The van der Waals surface area contributed by atoms with Gasteiger partial charge in [-0.3, -0.25) is 0 Å². The molecule has 0 N–H and O–H groups in total. The summed E-state index contributed by atoms with van der Waals surface area (Å²) in [5.41, 5.74) is 0. The van der Waals surface area contributed by atoms with Gasteiger partial charge >= 0.3 is 0 Å². The highest BCUT2D eigenvalue weighted by Gasteiger charge is 2.44. The van der Waals surface area contributed by atoms with Gasteiger partial charge in [0.1, 0.15) is 12.2 Å². The molecule has 3 heterocycles. The van der Waals surface area contributed by atoms with E-state index in [0.29, 0.717) is 24.4 Å². The van der Waals surface area contributed by atoms with Gasteiger partial charge in [0.15, 0.2) is 0 Å². The quantitative estimate of drug-likeness (QED) is 0.486. The molecule has 0 aromatic carbocycles. The molecule has 0 radical (unpaired) electrons. The van der Waals surface area contributed by atoms with Crippen LogP contribution in [-0.2, 0) is 14.2 Å². The van der Waals surface area contributed by atoms with Crippen molar-refractivity contribution in [1.82, 2.24) is 0 Å². The van der Waals surface area contributed by atoms with Crippen LogP contribution >= 0.6 is 0 Å². The van der Waals surface area contributed by atoms with Gasteiger partial charge in [-0.2, -0.15) is 0 Å². The van der Waals surface area contributed by atoms with Gasteiger partial charge in [0.2, 0.25) is 0 Å². The van der Waals surface area contributed by atoms with E-state index >= 15 is 0 Å². The molecule has 0 spiro atoms. The highest BCUT2D eigenvalue weighted by atomic mass is 16.7. The lowest BCUT2D eigenvalue weighted by Crippen LogP contribution is -2.10. The minimum atomic E-state index is 0.491. The summed E-state index contributed by atoms with van der Waals surface area (Å²) in [7, 11) is 0. The standard InChI is InChI=1S/C8H12O.C4H6O2/c1-2-6-3-4-7-8(5-6)9-7;1-3-4(6-3)2-5-1/h2,6-8H,1,3-5H2;3-4H,1-2H2. The highest BCUT2D eigenvalue weighted by Crippen LogP contribution is 2.39. The third-order valence-corrected chi connectivity index (χ3v) is 3.63. The van der Waals surface area contributed by atoms with Gasteiger partial charge in [0, 0.05) is 0 Å². The van der Waals surface area contributed by atoms with Crippen molar-refractivity contribution in [3.8, 4) is 0 Å². The summed E-state index contributed by atoms with van der Waals surface area (Å²) in [5, 5.41) is 0. The summed E-state index contributed by atoms with van der Waals surface area (Å²) in [6, 6.07) is 0. The van der Waals surface area contributed by atoms with E-state index in [9.17, 15) is 0 Å². The molecule has 0 aromatic rings. The molecule has 0 aromatic heterocycles. The van der Waals surface area contributed by atoms with Gasteiger partial charge in [-0.15, -0.1) is 6.58 Å². The van der Waals surface area contributed by atoms with Crippen LogP contribution in [0.1, 0.15) is 19.3 Å². The Kier molecular flexibility index (Phi) is 2.54. The van der Waals surface area contributed by atoms with Crippen LogP contribution in [0, 0.1) is 5.92 Å². The number of rotatable bonds is 1. The zero-order valence-corrected chi connectivity index (χ0v) is 8.93. The Hall–Kier alpha value is -0.380. The fourth-order valence-corrected chi connectivity index (χ4v) is 2.42. The Morgan fingerprint density at radius 3 is 2.13 bits per heavy atom. The van der Waals surface area contributed by atoms with Crippen LogP contribution in [0.5, 0.6) is 0 Å². The van der Waals surface area contributed by atoms with Crippen LogP contribution in [0.15, 0.2) is 12.7 Å². The van der Waals surface area contributed by atoms with Crippen LogP contribution in [0.25, 0.3) is 0 Å². The maximum atomic E-state index is 5.36. The maximum absolute atomic E-state index is 5.36. The molecule has 3 saturated heterocycles. The minimum absolute atomic E-state index is 0.491. The molecule has 4 rings (SSSR count). The molecule has 0 amide bonds. The Balaban J connectivity index is 0.000000104. The normalized spacial score (nSPS) is 49.5. The molecule has 3 nitrogen and oxygen atoms in total. The Bertz CT molecular complexity index is 245. The van der Waals surface area contributed by atoms with Crippen molar-refractivity contribution in [2.24, 2.45) is 5.92 Å². The third-order valence-electron chi connectivity index (χ3n) is 3.63. The lowest BCUT2D eigenvalue weighted by atomic mass is 9.90. The van der Waals surface area contributed by atoms with Crippen molar-refractivity contribution in [2.75, 3.05) is 13.2 Å². The molecule has 0 bridgehead atoms. The van der Waals surface area contributed by atoms with E-state index in [-0.39, 0.29) is 0 Å². The second-order valence-corrected chi connectivity index (χ2v) is 4.77. The summed E-state index contributed by atoms with van der Waals surface area (Å²) >= 11 is 0. The Morgan fingerprint density at radius 2 is 1.67 bits per heavy atom. The van der Waals surface area contributed by atoms with E-state index in [1.54, 1.807) is 0 Å². The number of hydrogen-bond acceptors (Lipinski definition) is 3. The first kappa shape index (κ1) is 9.82. The number of allylic oxidation sites excluding steroid dienone is 1. The Morgan fingerprint density at radius 1 is 0.933 bits per heavy atom. The topological polar surface area (TPSA) is 34.3 Å². The highest BCUT2D eigenvalue weighted by molar-refractivity contribution is 4.96. The third kappa shape index (κ3) is 2.25. The molecule has 1 aliphatic carbocycles. The van der Waals surface area contributed by atoms with Gasteiger partial charge < -0.3 is 14.2 Å². The summed E-state index contributed by atoms with van der Waals surface area (Å²) < 4.78 is 15.4. The lowest BCUT2D eigenvalue weighted by molar-refractivity contribution is 0.100. The van der Waals surface area contributed by atoms with Gasteiger partial charge in [-0.25, -0.2) is 0 Å². The van der Waals surface area contributed by atoms with Crippen molar-refractivity contribution in [2.45, 2.75) is 43.7 Å². The van der Waals surface area contributed by atoms with E-state index < -0.39 is 0 Å². The van der Waals surface area contributed by atoms with Crippen molar-refractivity contribution < 1.29 is 14.2 Å². The summed E-state index contributed by atoms with van der Waals surface area (Å²) in [6.45, 7) is 5.46. The van der Waals surface area contributed by atoms with E-state index in [0.717, 1.165) is 19.1 Å². The molecule has 3 aliphatic heterocycles. The van der Waals surface area contributed by atoms with Gasteiger partial charge in [-0.1, -0.05) is 6.08 Å². The molecule has 4 aliphatic rings. The summed E-state index contributed by atoms with van der Waals surface area (Å²) in [4.78, 5) is 0. The number of ether oxygens (including phenoxy) is 3. The first-order valence-corrected chi connectivity index (χ1v) is 5.88. The fourth-order valence-electron chi connectivity index (χ4n) is 2.42. The van der Waals surface area contributed by atoms with E-state index in [2.05, 4.69) is 12.7 Å². The lowest BCUT2D eigenvalue weighted by Gasteiger charge is -2.12. The van der Waals surface area contributed by atoms with Crippen molar-refractivity contribution in [1.29, 1.82) is 0 Å². The van der Waals surface area contributed by atoms with Crippen molar-refractivity contribution >= 4 is 0 Å². The Labute approximate surface area is 90.4 Å². The second kappa shape index (κ2) is 3.89. The summed E-state index contributed by atoms with van der Waals surface area (Å²) in [5.74, 6) is 0.744. The smallest absolute Gasteiger partial charge is 0.110 e. The molecular weight excluding hydrogens is 192 g/mol. The number of epoxide rings is 2. The molecular formula is C12H18O3. The molecule has 3 heteroatoms. The monoisotopic (exact) mass is 210 g/mol.